The van der Waals surface area contributed by atoms with Gasteiger partial charge in [0, 0.05) is 46.0 Å². The van der Waals surface area contributed by atoms with Crippen molar-refractivity contribution in [1.29, 1.82) is 0 Å². The highest BCUT2D eigenvalue weighted by Crippen LogP contribution is 1.98. The summed E-state index contributed by atoms with van der Waals surface area (Å²) in [4.78, 5) is 20.6. The molecule has 0 aliphatic heterocycles. The number of aryl methyl sites for hydroxylation is 2. The van der Waals surface area contributed by atoms with Gasteiger partial charge in [-0.15, -0.1) is 0 Å². The van der Waals surface area contributed by atoms with E-state index in [1.54, 1.807) is 0 Å². The molecule has 7 nitrogen and oxygen atoms in total. The summed E-state index contributed by atoms with van der Waals surface area (Å²) in [6.45, 7) is 12.2. The Kier molecular flexibility index (Phi) is 8.89. The average Bonchev–Trinajstić information content (AvgIpc) is 2.96. The van der Waals surface area contributed by atoms with Crippen LogP contribution in [-0.4, -0.2) is 71.2 Å². The van der Waals surface area contributed by atoms with Crippen LogP contribution in [0.15, 0.2) is 17.4 Å². The fourth-order valence-electron chi connectivity index (χ4n) is 2.43. The van der Waals surface area contributed by atoms with Gasteiger partial charge in [-0.3, -0.25) is 14.5 Å². The van der Waals surface area contributed by atoms with Crippen LogP contribution in [0.2, 0.25) is 0 Å². The summed E-state index contributed by atoms with van der Waals surface area (Å²) in [5.74, 6) is 0.898. The van der Waals surface area contributed by atoms with E-state index in [0.717, 1.165) is 38.6 Å². The predicted molar refractivity (Wildman–Crippen MR) is 98.1 cm³/mol. The molecule has 1 aromatic rings. The molecule has 0 unspecified atom stereocenters. The Morgan fingerprint density at radius 3 is 2.58 bits per heavy atom. The number of carbonyl (C=O) groups is 1. The van der Waals surface area contributed by atoms with E-state index in [9.17, 15) is 4.79 Å². The Hall–Kier alpha value is -2.05. The summed E-state index contributed by atoms with van der Waals surface area (Å²) in [6, 6.07) is 0. The zero-order valence-electron chi connectivity index (χ0n) is 15.7. The van der Waals surface area contributed by atoms with Crippen molar-refractivity contribution in [3.05, 3.63) is 18.0 Å². The maximum Gasteiger partial charge on any atom is 0.242 e. The van der Waals surface area contributed by atoms with Crippen LogP contribution in [0, 0.1) is 6.92 Å². The van der Waals surface area contributed by atoms with Gasteiger partial charge in [-0.1, -0.05) is 0 Å². The van der Waals surface area contributed by atoms with Gasteiger partial charge in [0.2, 0.25) is 5.91 Å². The van der Waals surface area contributed by atoms with Crippen LogP contribution >= 0.6 is 0 Å². The molecule has 1 amide bonds. The maximum atomic E-state index is 12.2. The zero-order valence-corrected chi connectivity index (χ0v) is 15.7. The number of hydrogen-bond acceptors (Lipinski definition) is 3. The van der Waals surface area contributed by atoms with Crippen molar-refractivity contribution in [2.75, 3.05) is 39.8 Å². The first-order chi connectivity index (χ1) is 11.5. The maximum absolute atomic E-state index is 12.2. The van der Waals surface area contributed by atoms with Crippen LogP contribution in [0.1, 0.15) is 32.8 Å². The van der Waals surface area contributed by atoms with Crippen molar-refractivity contribution < 1.29 is 4.79 Å². The number of rotatable bonds is 9. The highest BCUT2D eigenvalue weighted by Gasteiger charge is 2.14. The van der Waals surface area contributed by atoms with Crippen molar-refractivity contribution in [2.24, 2.45) is 4.99 Å². The molecule has 1 aromatic heterocycles. The van der Waals surface area contributed by atoms with Crippen LogP contribution in [0.4, 0.5) is 0 Å². The Balaban J connectivity index is 2.52. The molecule has 7 heteroatoms. The largest absolute Gasteiger partial charge is 0.357 e. The van der Waals surface area contributed by atoms with Crippen LogP contribution in [0.5, 0.6) is 0 Å². The monoisotopic (exact) mass is 336 g/mol. The minimum atomic E-state index is 0.125. The fourth-order valence-corrected chi connectivity index (χ4v) is 2.43. The summed E-state index contributed by atoms with van der Waals surface area (Å²) in [6.07, 6.45) is 4.80. The standard InChI is InChI=1S/C17H32N6O/c1-6-18-17(21(5)14-16(24)22(7-2)8-3)19-10-9-11-23-13-15(4)12-20-23/h12-13H,6-11,14H2,1-5H3,(H,18,19). The first-order valence-electron chi connectivity index (χ1n) is 8.78. The molecule has 0 aliphatic carbocycles. The summed E-state index contributed by atoms with van der Waals surface area (Å²) < 4.78 is 1.94. The highest BCUT2D eigenvalue weighted by molar-refractivity contribution is 5.86. The third-order valence-electron chi connectivity index (χ3n) is 3.75. The molecule has 1 N–H and O–H groups in total. The number of amides is 1. The Morgan fingerprint density at radius 1 is 1.33 bits per heavy atom. The quantitative estimate of drug-likeness (QED) is 0.420. The van der Waals surface area contributed by atoms with Crippen molar-refractivity contribution in [1.82, 2.24) is 24.9 Å². The SMILES string of the molecule is CCNC(=NCCCn1cc(C)cn1)N(C)CC(=O)N(CC)CC. The molecular weight excluding hydrogens is 304 g/mol. The summed E-state index contributed by atoms with van der Waals surface area (Å²) in [5, 5.41) is 7.52. The van der Waals surface area contributed by atoms with Gasteiger partial charge in [0.05, 0.1) is 12.7 Å². The lowest BCUT2D eigenvalue weighted by molar-refractivity contribution is -0.131. The summed E-state index contributed by atoms with van der Waals surface area (Å²) in [5.41, 5.74) is 1.17. The van der Waals surface area contributed by atoms with E-state index in [0.29, 0.717) is 13.1 Å². The van der Waals surface area contributed by atoms with Gasteiger partial charge in [-0.2, -0.15) is 5.10 Å². The molecule has 0 radical (unpaired) electrons. The van der Waals surface area contributed by atoms with E-state index < -0.39 is 0 Å². The molecule has 0 saturated carbocycles. The zero-order chi connectivity index (χ0) is 17.9. The van der Waals surface area contributed by atoms with Gasteiger partial charge in [-0.25, -0.2) is 0 Å². The molecule has 0 spiro atoms. The number of aliphatic imine (C=N–C) groups is 1. The molecule has 1 rings (SSSR count). The average molecular weight is 336 g/mol. The van der Waals surface area contributed by atoms with E-state index in [1.165, 1.54) is 5.56 Å². The fraction of sp³-hybridized carbons (Fsp3) is 0.706. The highest BCUT2D eigenvalue weighted by atomic mass is 16.2. The number of hydrogen-bond donors (Lipinski definition) is 1. The van der Waals surface area contributed by atoms with E-state index in [4.69, 9.17) is 0 Å². The third-order valence-corrected chi connectivity index (χ3v) is 3.75. The molecule has 0 saturated heterocycles. The van der Waals surface area contributed by atoms with Crippen molar-refractivity contribution in [3.8, 4) is 0 Å². The lowest BCUT2D eigenvalue weighted by Gasteiger charge is -2.25. The van der Waals surface area contributed by atoms with Gasteiger partial charge in [0.15, 0.2) is 5.96 Å². The van der Waals surface area contributed by atoms with Crippen LogP contribution in [0.25, 0.3) is 0 Å². The van der Waals surface area contributed by atoms with Gasteiger partial charge in [-0.05, 0) is 39.7 Å². The number of carbonyl (C=O) groups excluding carboxylic acids is 1. The topological polar surface area (TPSA) is 65.8 Å². The first kappa shape index (κ1) is 20.0. The number of nitrogens with one attached hydrogen (secondary N) is 1. The second-order valence-corrected chi connectivity index (χ2v) is 5.79. The molecule has 0 aliphatic rings. The van der Waals surface area contributed by atoms with Gasteiger partial charge >= 0.3 is 0 Å². The summed E-state index contributed by atoms with van der Waals surface area (Å²) in [7, 11) is 1.90. The minimum Gasteiger partial charge on any atom is -0.357 e. The van der Waals surface area contributed by atoms with Crippen LogP contribution in [-0.2, 0) is 11.3 Å². The van der Waals surface area contributed by atoms with E-state index in [2.05, 4.69) is 15.4 Å². The molecule has 24 heavy (non-hydrogen) atoms. The minimum absolute atomic E-state index is 0.125. The van der Waals surface area contributed by atoms with Crippen LogP contribution < -0.4 is 5.32 Å². The second-order valence-electron chi connectivity index (χ2n) is 5.79. The third kappa shape index (κ3) is 6.60. The predicted octanol–water partition coefficient (Wildman–Crippen LogP) is 1.35. The second kappa shape index (κ2) is 10.7. The molecular formula is C17H32N6O. The van der Waals surface area contributed by atoms with Gasteiger partial charge < -0.3 is 15.1 Å². The van der Waals surface area contributed by atoms with Gasteiger partial charge in [0.1, 0.15) is 0 Å². The summed E-state index contributed by atoms with van der Waals surface area (Å²) >= 11 is 0. The Morgan fingerprint density at radius 2 is 2.04 bits per heavy atom. The van der Waals surface area contributed by atoms with Gasteiger partial charge in [0.25, 0.3) is 0 Å². The normalized spacial score (nSPS) is 11.5. The molecule has 0 fully saturated rings. The number of nitrogens with zero attached hydrogens (tertiary/aromatic N) is 5. The number of likely N-dealkylation sites (N-methyl/N-ethyl adjacent to an activating group) is 2. The molecule has 1 heterocycles. The molecule has 136 valence electrons. The van der Waals surface area contributed by atoms with Crippen molar-refractivity contribution in [2.45, 2.75) is 40.7 Å². The van der Waals surface area contributed by atoms with E-state index >= 15 is 0 Å². The van der Waals surface area contributed by atoms with Crippen LogP contribution in [0.3, 0.4) is 0 Å². The molecule has 0 atom stereocenters. The number of guanidine groups is 1. The lowest BCUT2D eigenvalue weighted by atomic mass is 10.4. The Labute approximate surface area is 145 Å². The Bertz CT molecular complexity index is 521. The lowest BCUT2D eigenvalue weighted by Crippen LogP contribution is -2.45. The molecule has 0 aromatic carbocycles. The van der Waals surface area contributed by atoms with E-state index in [-0.39, 0.29) is 5.91 Å². The van der Waals surface area contributed by atoms with E-state index in [1.807, 2.05) is 61.6 Å². The first-order valence-corrected chi connectivity index (χ1v) is 8.78. The van der Waals surface area contributed by atoms with Crippen molar-refractivity contribution >= 4 is 11.9 Å². The smallest absolute Gasteiger partial charge is 0.242 e. The molecule has 0 bridgehead atoms. The number of aromatic nitrogens is 2. The van der Waals surface area contributed by atoms with Crippen molar-refractivity contribution in [3.63, 3.8) is 0 Å².